The topological polar surface area (TPSA) is 60.8 Å². The third kappa shape index (κ3) is 3.72. The van der Waals surface area contributed by atoms with Crippen molar-refractivity contribution in [3.8, 4) is 5.75 Å². The molecule has 0 aromatic heterocycles. The monoisotopic (exact) mass is 243 g/mol. The van der Waals surface area contributed by atoms with Crippen molar-refractivity contribution >= 4 is 17.6 Å². The van der Waals surface area contributed by atoms with Crippen LogP contribution in [-0.4, -0.2) is 34.2 Å². The number of carbonyl (C=O) groups is 1. The molecule has 0 radical (unpaired) electrons. The zero-order chi connectivity index (χ0) is 12.1. The molecular weight excluding hydrogens is 230 g/mol. The quantitative estimate of drug-likeness (QED) is 0.830. The van der Waals surface area contributed by atoms with Crippen molar-refractivity contribution in [3.05, 3.63) is 28.8 Å². The van der Waals surface area contributed by atoms with Crippen molar-refractivity contribution in [3.63, 3.8) is 0 Å². The van der Waals surface area contributed by atoms with Gasteiger partial charge in [-0.2, -0.15) is 0 Å². The van der Waals surface area contributed by atoms with E-state index in [1.807, 2.05) is 6.92 Å². The van der Waals surface area contributed by atoms with Gasteiger partial charge in [-0.15, -0.1) is 0 Å². The van der Waals surface area contributed by atoms with Gasteiger partial charge in [0.15, 0.2) is 0 Å². The number of hydrogen-bond acceptors (Lipinski definition) is 3. The van der Waals surface area contributed by atoms with E-state index in [1.165, 1.54) is 6.07 Å². The third-order valence-electron chi connectivity index (χ3n) is 2.22. The lowest BCUT2D eigenvalue weighted by Gasteiger charge is -2.18. The summed E-state index contributed by atoms with van der Waals surface area (Å²) in [4.78, 5) is 12.3. The van der Waals surface area contributed by atoms with Gasteiger partial charge >= 0.3 is 5.97 Å². The van der Waals surface area contributed by atoms with Crippen LogP contribution in [0, 0.1) is 0 Å². The van der Waals surface area contributed by atoms with Crippen LogP contribution in [0.4, 0.5) is 0 Å². The van der Waals surface area contributed by atoms with E-state index >= 15 is 0 Å². The highest BCUT2D eigenvalue weighted by Gasteiger charge is 2.09. The van der Waals surface area contributed by atoms with Gasteiger partial charge in [-0.05, 0) is 24.2 Å². The highest BCUT2D eigenvalue weighted by molar-refractivity contribution is 6.32. The number of phenolic OH excluding ortho intramolecular Hbond substituents is 1. The summed E-state index contributed by atoms with van der Waals surface area (Å²) in [5, 5.41) is 18.2. The molecule has 0 heterocycles. The molecule has 1 aromatic carbocycles. The van der Waals surface area contributed by atoms with E-state index in [4.69, 9.17) is 16.7 Å². The lowest BCUT2D eigenvalue weighted by molar-refractivity contribution is -0.138. The Morgan fingerprint density at radius 1 is 1.50 bits per heavy atom. The second-order valence-electron chi connectivity index (χ2n) is 3.48. The van der Waals surface area contributed by atoms with E-state index in [2.05, 4.69) is 0 Å². The lowest BCUT2D eigenvalue weighted by Crippen LogP contribution is -2.29. The van der Waals surface area contributed by atoms with E-state index in [0.717, 1.165) is 5.56 Å². The van der Waals surface area contributed by atoms with Crippen molar-refractivity contribution in [2.45, 2.75) is 13.5 Å². The van der Waals surface area contributed by atoms with Crippen LogP contribution in [0.1, 0.15) is 12.5 Å². The van der Waals surface area contributed by atoms with Crippen molar-refractivity contribution in [2.24, 2.45) is 0 Å². The minimum absolute atomic E-state index is 0.00496. The van der Waals surface area contributed by atoms with Crippen LogP contribution in [0.25, 0.3) is 0 Å². The molecule has 16 heavy (non-hydrogen) atoms. The zero-order valence-electron chi connectivity index (χ0n) is 8.98. The molecule has 0 atom stereocenters. The molecule has 0 aliphatic carbocycles. The average molecular weight is 244 g/mol. The number of aliphatic carboxylic acids is 1. The molecule has 1 rings (SSSR count). The van der Waals surface area contributed by atoms with Crippen LogP contribution in [0.5, 0.6) is 5.75 Å². The number of nitrogens with zero attached hydrogens (tertiary/aromatic N) is 1. The molecule has 0 fully saturated rings. The Hall–Kier alpha value is -1.26. The number of hydrogen-bond donors (Lipinski definition) is 2. The first-order chi connectivity index (χ1) is 7.52. The molecule has 0 saturated heterocycles. The number of benzene rings is 1. The summed E-state index contributed by atoms with van der Waals surface area (Å²) in [7, 11) is 0. The zero-order valence-corrected chi connectivity index (χ0v) is 9.74. The second-order valence-corrected chi connectivity index (χ2v) is 3.89. The maximum atomic E-state index is 10.6. The highest BCUT2D eigenvalue weighted by atomic mass is 35.5. The van der Waals surface area contributed by atoms with Crippen molar-refractivity contribution in [1.29, 1.82) is 0 Å². The number of carboxylic acids is 1. The molecule has 4 nitrogen and oxygen atoms in total. The first-order valence-electron chi connectivity index (χ1n) is 4.94. The standard InChI is InChI=1S/C11H14ClNO3/c1-2-13(7-11(15)16)6-8-3-4-10(14)9(12)5-8/h3-5,14H,2,6-7H2,1H3,(H,15,16). The number of halogens is 1. The molecule has 0 unspecified atom stereocenters. The summed E-state index contributed by atoms with van der Waals surface area (Å²) in [5.74, 6) is -0.821. The van der Waals surface area contributed by atoms with Gasteiger partial charge in [-0.25, -0.2) is 0 Å². The van der Waals surface area contributed by atoms with Gasteiger partial charge in [0.2, 0.25) is 0 Å². The van der Waals surface area contributed by atoms with Crippen LogP contribution in [0.3, 0.4) is 0 Å². The fourth-order valence-electron chi connectivity index (χ4n) is 1.38. The number of carboxylic acid groups (broad SMARTS) is 1. The van der Waals surface area contributed by atoms with E-state index in [1.54, 1.807) is 17.0 Å². The fraction of sp³-hybridized carbons (Fsp3) is 0.364. The highest BCUT2D eigenvalue weighted by Crippen LogP contribution is 2.24. The number of aromatic hydroxyl groups is 1. The Balaban J connectivity index is 2.70. The maximum Gasteiger partial charge on any atom is 0.317 e. The minimum atomic E-state index is -0.855. The van der Waals surface area contributed by atoms with Gasteiger partial charge in [-0.3, -0.25) is 9.69 Å². The maximum absolute atomic E-state index is 10.6. The molecule has 5 heteroatoms. The van der Waals surface area contributed by atoms with Gasteiger partial charge in [-0.1, -0.05) is 24.6 Å². The molecule has 1 aromatic rings. The van der Waals surface area contributed by atoms with E-state index in [0.29, 0.717) is 13.1 Å². The predicted octanol–water partition coefficient (Wildman–Crippen LogP) is 1.95. The van der Waals surface area contributed by atoms with E-state index in [-0.39, 0.29) is 17.3 Å². The van der Waals surface area contributed by atoms with Crippen LogP contribution in [0.2, 0.25) is 5.02 Å². The fourth-order valence-corrected chi connectivity index (χ4v) is 1.58. The Kier molecular flexibility index (Phi) is 4.58. The lowest BCUT2D eigenvalue weighted by atomic mass is 10.2. The first kappa shape index (κ1) is 12.8. The Morgan fingerprint density at radius 3 is 2.69 bits per heavy atom. The minimum Gasteiger partial charge on any atom is -0.506 e. The molecule has 0 spiro atoms. The number of phenols is 1. The molecule has 2 N–H and O–H groups in total. The summed E-state index contributed by atoms with van der Waals surface area (Å²) in [5.41, 5.74) is 0.880. The predicted molar refractivity (Wildman–Crippen MR) is 61.7 cm³/mol. The Labute approximate surface area is 99.1 Å². The normalized spacial score (nSPS) is 10.7. The Bertz CT molecular complexity index is 381. The first-order valence-corrected chi connectivity index (χ1v) is 5.32. The van der Waals surface area contributed by atoms with Crippen LogP contribution in [-0.2, 0) is 11.3 Å². The smallest absolute Gasteiger partial charge is 0.317 e. The van der Waals surface area contributed by atoms with Crippen molar-refractivity contribution < 1.29 is 15.0 Å². The molecule has 0 amide bonds. The SMILES string of the molecule is CCN(CC(=O)O)Cc1ccc(O)c(Cl)c1. The summed E-state index contributed by atoms with van der Waals surface area (Å²) in [6.45, 7) is 3.04. The largest absolute Gasteiger partial charge is 0.506 e. The molecule has 88 valence electrons. The summed E-state index contributed by atoms with van der Waals surface area (Å²) >= 11 is 5.76. The van der Waals surface area contributed by atoms with Crippen molar-refractivity contribution in [1.82, 2.24) is 4.90 Å². The second kappa shape index (κ2) is 5.72. The van der Waals surface area contributed by atoms with E-state index in [9.17, 15) is 9.90 Å². The average Bonchev–Trinajstić information content (AvgIpc) is 2.22. The summed E-state index contributed by atoms with van der Waals surface area (Å²) < 4.78 is 0. The van der Waals surface area contributed by atoms with Crippen LogP contribution < -0.4 is 0 Å². The number of likely N-dealkylation sites (N-methyl/N-ethyl adjacent to an activating group) is 1. The van der Waals surface area contributed by atoms with Crippen molar-refractivity contribution in [2.75, 3.05) is 13.1 Å². The molecular formula is C11H14ClNO3. The van der Waals surface area contributed by atoms with Gasteiger partial charge in [0.05, 0.1) is 11.6 Å². The van der Waals surface area contributed by atoms with Gasteiger partial charge in [0.1, 0.15) is 5.75 Å². The third-order valence-corrected chi connectivity index (χ3v) is 2.53. The number of rotatable bonds is 5. The molecule has 0 aliphatic rings. The summed E-state index contributed by atoms with van der Waals surface area (Å²) in [6, 6.07) is 4.87. The molecule has 0 aliphatic heterocycles. The molecule has 0 bridgehead atoms. The molecule has 0 saturated carbocycles. The Morgan fingerprint density at radius 2 is 2.19 bits per heavy atom. The van der Waals surface area contributed by atoms with Gasteiger partial charge in [0.25, 0.3) is 0 Å². The van der Waals surface area contributed by atoms with Crippen LogP contribution >= 0.6 is 11.6 Å². The van der Waals surface area contributed by atoms with Crippen LogP contribution in [0.15, 0.2) is 18.2 Å². The van der Waals surface area contributed by atoms with Gasteiger partial charge < -0.3 is 10.2 Å². The van der Waals surface area contributed by atoms with Gasteiger partial charge in [0, 0.05) is 6.54 Å². The van der Waals surface area contributed by atoms with E-state index < -0.39 is 5.97 Å². The summed E-state index contributed by atoms with van der Waals surface area (Å²) in [6.07, 6.45) is 0.